The summed E-state index contributed by atoms with van der Waals surface area (Å²) >= 11 is 1.70. The molecule has 2 rings (SSSR count). The van der Waals surface area contributed by atoms with E-state index in [1.807, 2.05) is 35.4 Å². The molecule has 1 amide bonds. The number of carbonyl (C=O) groups is 1. The Bertz CT molecular complexity index is 418. The Morgan fingerprint density at radius 1 is 1.40 bits per heavy atom. The van der Waals surface area contributed by atoms with E-state index in [1.165, 1.54) is 4.90 Å². The number of carbonyl (C=O) groups excluding carboxylic acids is 1. The number of nitrogens with zero attached hydrogens (tertiary/aromatic N) is 1. The van der Waals surface area contributed by atoms with Crippen molar-refractivity contribution in [3.63, 3.8) is 0 Å². The average molecular weight is 315 g/mol. The molecule has 1 unspecified atom stereocenters. The topological polar surface area (TPSA) is 32.3 Å². The molecule has 0 bridgehead atoms. The maximum atomic E-state index is 12.6. The molecule has 0 radical (unpaired) electrons. The van der Waals surface area contributed by atoms with Crippen LogP contribution in [-0.4, -0.2) is 42.7 Å². The van der Waals surface area contributed by atoms with Crippen LogP contribution in [0.2, 0.25) is 0 Å². The number of amides is 1. The minimum Gasteiger partial charge on any atom is -0.334 e. The third-order valence-electron chi connectivity index (χ3n) is 3.54. The Morgan fingerprint density at radius 2 is 2.10 bits per heavy atom. The first-order chi connectivity index (χ1) is 9.26. The summed E-state index contributed by atoms with van der Waals surface area (Å²) < 4.78 is 0. The molecule has 1 aromatic carbocycles. The van der Waals surface area contributed by atoms with Crippen molar-refractivity contribution in [2.75, 3.05) is 25.9 Å². The number of benzene rings is 1. The van der Waals surface area contributed by atoms with Gasteiger partial charge in [0.2, 0.25) is 0 Å². The molecule has 20 heavy (non-hydrogen) atoms. The van der Waals surface area contributed by atoms with Crippen LogP contribution in [0, 0.1) is 0 Å². The van der Waals surface area contributed by atoms with Crippen molar-refractivity contribution >= 4 is 30.1 Å². The van der Waals surface area contributed by atoms with Crippen molar-refractivity contribution in [3.05, 3.63) is 29.8 Å². The fourth-order valence-corrected chi connectivity index (χ4v) is 2.90. The van der Waals surface area contributed by atoms with Gasteiger partial charge in [0.25, 0.3) is 5.91 Å². The summed E-state index contributed by atoms with van der Waals surface area (Å²) in [5, 5.41) is 3.34. The van der Waals surface area contributed by atoms with E-state index >= 15 is 0 Å². The van der Waals surface area contributed by atoms with Crippen LogP contribution in [0.25, 0.3) is 0 Å². The van der Waals surface area contributed by atoms with Crippen LogP contribution >= 0.6 is 24.2 Å². The van der Waals surface area contributed by atoms with Crippen LogP contribution < -0.4 is 5.32 Å². The van der Waals surface area contributed by atoms with Crippen LogP contribution in [0.3, 0.4) is 0 Å². The van der Waals surface area contributed by atoms with E-state index in [1.54, 1.807) is 11.8 Å². The first-order valence-electron chi connectivity index (χ1n) is 6.92. The molecule has 1 aromatic rings. The number of hydrogen-bond acceptors (Lipinski definition) is 3. The number of halogens is 1. The molecule has 0 saturated carbocycles. The van der Waals surface area contributed by atoms with E-state index in [4.69, 9.17) is 0 Å². The van der Waals surface area contributed by atoms with Gasteiger partial charge in [-0.15, -0.1) is 24.2 Å². The number of rotatable bonds is 5. The van der Waals surface area contributed by atoms with Crippen LogP contribution in [-0.2, 0) is 0 Å². The lowest BCUT2D eigenvalue weighted by atomic mass is 10.1. The molecule has 0 aliphatic carbocycles. The fraction of sp³-hybridized carbons (Fsp3) is 0.533. The number of thioether (sulfide) groups is 1. The smallest absolute Gasteiger partial charge is 0.254 e. The summed E-state index contributed by atoms with van der Waals surface area (Å²) in [4.78, 5) is 15.8. The first kappa shape index (κ1) is 17.3. The molecular formula is C15H23ClN2OS. The third kappa shape index (κ3) is 4.14. The van der Waals surface area contributed by atoms with Crippen LogP contribution in [0.5, 0.6) is 0 Å². The number of nitrogens with one attached hydrogen (secondary N) is 1. The second-order valence-corrected chi connectivity index (χ2v) is 5.75. The van der Waals surface area contributed by atoms with Gasteiger partial charge in [0, 0.05) is 29.6 Å². The lowest BCUT2D eigenvalue weighted by Crippen LogP contribution is -2.42. The largest absolute Gasteiger partial charge is 0.334 e. The van der Waals surface area contributed by atoms with Gasteiger partial charge in [0.1, 0.15) is 0 Å². The Balaban J connectivity index is 0.00000200. The summed E-state index contributed by atoms with van der Waals surface area (Å²) in [5.74, 6) is 0.170. The first-order valence-corrected chi connectivity index (χ1v) is 8.14. The molecule has 1 saturated heterocycles. The van der Waals surface area contributed by atoms with E-state index in [0.29, 0.717) is 6.04 Å². The maximum Gasteiger partial charge on any atom is 0.254 e. The SMILES string of the molecule is CCCN(C(=O)c1ccc(SC)cc1)C1CCNC1.Cl. The second kappa shape index (κ2) is 8.55. The molecule has 112 valence electrons. The van der Waals surface area contributed by atoms with E-state index in [-0.39, 0.29) is 18.3 Å². The summed E-state index contributed by atoms with van der Waals surface area (Å²) in [7, 11) is 0. The highest BCUT2D eigenvalue weighted by Gasteiger charge is 2.26. The summed E-state index contributed by atoms with van der Waals surface area (Å²) in [5.41, 5.74) is 0.804. The average Bonchev–Trinajstić information content (AvgIpc) is 2.98. The predicted octanol–water partition coefficient (Wildman–Crippen LogP) is 3.04. The quantitative estimate of drug-likeness (QED) is 0.848. The van der Waals surface area contributed by atoms with Gasteiger partial charge in [-0.1, -0.05) is 6.92 Å². The molecular weight excluding hydrogens is 292 g/mol. The lowest BCUT2D eigenvalue weighted by Gasteiger charge is -2.28. The Labute approximate surface area is 131 Å². The molecule has 0 aromatic heterocycles. The van der Waals surface area contributed by atoms with Crippen molar-refractivity contribution in [1.29, 1.82) is 0 Å². The molecule has 1 atom stereocenters. The summed E-state index contributed by atoms with van der Waals surface area (Å²) in [6, 6.07) is 8.29. The van der Waals surface area contributed by atoms with Crippen molar-refractivity contribution in [1.82, 2.24) is 10.2 Å². The summed E-state index contributed by atoms with van der Waals surface area (Å²) in [6.45, 7) is 4.91. The predicted molar refractivity (Wildman–Crippen MR) is 88.1 cm³/mol. The monoisotopic (exact) mass is 314 g/mol. The van der Waals surface area contributed by atoms with Gasteiger partial charge in [0.15, 0.2) is 0 Å². The van der Waals surface area contributed by atoms with Gasteiger partial charge in [-0.05, 0) is 49.9 Å². The molecule has 5 heteroatoms. The van der Waals surface area contributed by atoms with Gasteiger partial charge in [-0.3, -0.25) is 4.79 Å². The highest BCUT2D eigenvalue weighted by atomic mass is 35.5. The Hall–Kier alpha value is -0.710. The van der Waals surface area contributed by atoms with Gasteiger partial charge in [-0.2, -0.15) is 0 Å². The van der Waals surface area contributed by atoms with Gasteiger partial charge < -0.3 is 10.2 Å². The molecule has 1 aliphatic heterocycles. The van der Waals surface area contributed by atoms with Crippen LogP contribution in [0.1, 0.15) is 30.1 Å². The Morgan fingerprint density at radius 3 is 2.60 bits per heavy atom. The van der Waals surface area contributed by atoms with E-state index < -0.39 is 0 Å². The fourth-order valence-electron chi connectivity index (χ4n) is 2.50. The normalized spacial score (nSPS) is 17.6. The van der Waals surface area contributed by atoms with Gasteiger partial charge >= 0.3 is 0 Å². The molecule has 1 N–H and O–H groups in total. The van der Waals surface area contributed by atoms with Gasteiger partial charge in [0.05, 0.1) is 0 Å². The van der Waals surface area contributed by atoms with Crippen molar-refractivity contribution in [2.24, 2.45) is 0 Å². The zero-order valence-electron chi connectivity index (χ0n) is 12.1. The zero-order valence-corrected chi connectivity index (χ0v) is 13.7. The molecule has 0 spiro atoms. The standard InChI is InChI=1S/C15H22N2OS.ClH/c1-3-10-17(13-8-9-16-11-13)15(18)12-4-6-14(19-2)7-5-12;/h4-7,13,16H,3,8-11H2,1-2H3;1H. The van der Waals surface area contributed by atoms with Crippen molar-refractivity contribution < 1.29 is 4.79 Å². The van der Waals surface area contributed by atoms with Crippen LogP contribution in [0.4, 0.5) is 0 Å². The maximum absolute atomic E-state index is 12.6. The van der Waals surface area contributed by atoms with Crippen molar-refractivity contribution in [2.45, 2.75) is 30.7 Å². The van der Waals surface area contributed by atoms with E-state index in [9.17, 15) is 4.79 Å². The van der Waals surface area contributed by atoms with Gasteiger partial charge in [-0.25, -0.2) is 0 Å². The minimum absolute atomic E-state index is 0. The lowest BCUT2D eigenvalue weighted by molar-refractivity contribution is 0.0692. The molecule has 1 heterocycles. The van der Waals surface area contributed by atoms with E-state index in [2.05, 4.69) is 12.2 Å². The minimum atomic E-state index is 0. The molecule has 1 aliphatic rings. The highest BCUT2D eigenvalue weighted by molar-refractivity contribution is 7.98. The molecule has 3 nitrogen and oxygen atoms in total. The van der Waals surface area contributed by atoms with Crippen molar-refractivity contribution in [3.8, 4) is 0 Å². The molecule has 1 fully saturated rings. The third-order valence-corrected chi connectivity index (χ3v) is 4.28. The van der Waals surface area contributed by atoms with Crippen LogP contribution in [0.15, 0.2) is 29.2 Å². The highest BCUT2D eigenvalue weighted by Crippen LogP contribution is 2.18. The zero-order chi connectivity index (χ0) is 13.7. The Kier molecular flexibility index (Phi) is 7.41. The second-order valence-electron chi connectivity index (χ2n) is 4.87. The summed E-state index contributed by atoms with van der Waals surface area (Å²) in [6.07, 6.45) is 4.12. The number of hydrogen-bond donors (Lipinski definition) is 1. The van der Waals surface area contributed by atoms with E-state index in [0.717, 1.165) is 38.0 Å².